The Hall–Kier alpha value is -2.32. The second kappa shape index (κ2) is 6.22. The van der Waals surface area contributed by atoms with Gasteiger partial charge in [0.1, 0.15) is 5.01 Å². The fourth-order valence-electron chi connectivity index (χ4n) is 1.49. The molecule has 0 spiro atoms. The highest BCUT2D eigenvalue weighted by Gasteiger charge is 2.09. The monoisotopic (exact) mass is 291 g/mol. The molecule has 8 heteroatoms. The van der Waals surface area contributed by atoms with Crippen LogP contribution in [-0.4, -0.2) is 28.6 Å². The molecule has 0 saturated carbocycles. The summed E-state index contributed by atoms with van der Waals surface area (Å²) in [6.45, 7) is 1.34. The van der Waals surface area contributed by atoms with Crippen LogP contribution in [0, 0.1) is 0 Å². The summed E-state index contributed by atoms with van der Waals surface area (Å²) in [6, 6.07) is 7.22. The molecule has 2 aromatic rings. The summed E-state index contributed by atoms with van der Waals surface area (Å²) in [5.41, 5.74) is 6.69. The molecular formula is C12H13N5O2S. The molecule has 2 rings (SSSR count). The number of anilines is 2. The standard InChI is InChI=1S/C12H13N5O2S/c1-7(18)14-9-4-2-3-8(5-9)11-16-17-12(20-11)15-10(19)6-13/h2-5H,6,13H2,1H3,(H,14,18)(H,15,17,19). The molecule has 104 valence electrons. The zero-order valence-electron chi connectivity index (χ0n) is 10.7. The van der Waals surface area contributed by atoms with Crippen LogP contribution in [0.5, 0.6) is 0 Å². The summed E-state index contributed by atoms with van der Waals surface area (Å²) in [5, 5.41) is 14.1. The lowest BCUT2D eigenvalue weighted by molar-refractivity contribution is -0.115. The summed E-state index contributed by atoms with van der Waals surface area (Å²) in [7, 11) is 0. The Balaban J connectivity index is 2.19. The quantitative estimate of drug-likeness (QED) is 0.780. The molecular weight excluding hydrogens is 278 g/mol. The molecule has 4 N–H and O–H groups in total. The second-order valence-electron chi connectivity index (χ2n) is 3.93. The zero-order valence-corrected chi connectivity index (χ0v) is 11.5. The molecule has 2 amide bonds. The van der Waals surface area contributed by atoms with Crippen LogP contribution in [-0.2, 0) is 9.59 Å². The summed E-state index contributed by atoms with van der Waals surface area (Å²) in [5.74, 6) is -0.463. The first-order valence-electron chi connectivity index (χ1n) is 5.80. The highest BCUT2D eigenvalue weighted by Crippen LogP contribution is 2.28. The van der Waals surface area contributed by atoms with E-state index in [1.807, 2.05) is 6.07 Å². The Labute approximate surface area is 119 Å². The van der Waals surface area contributed by atoms with Crippen molar-refractivity contribution in [1.82, 2.24) is 10.2 Å². The zero-order chi connectivity index (χ0) is 14.5. The minimum atomic E-state index is -0.320. The molecule has 0 fully saturated rings. The third-order valence-corrected chi connectivity index (χ3v) is 3.17. The van der Waals surface area contributed by atoms with Gasteiger partial charge in [0.15, 0.2) is 0 Å². The Morgan fingerprint density at radius 2 is 2.10 bits per heavy atom. The average molecular weight is 291 g/mol. The Bertz CT molecular complexity index is 640. The van der Waals surface area contributed by atoms with Crippen LogP contribution >= 0.6 is 11.3 Å². The summed E-state index contributed by atoms with van der Waals surface area (Å²) < 4.78 is 0. The minimum Gasteiger partial charge on any atom is -0.326 e. The van der Waals surface area contributed by atoms with Gasteiger partial charge in [-0.15, -0.1) is 10.2 Å². The number of nitrogens with one attached hydrogen (secondary N) is 2. The third kappa shape index (κ3) is 3.59. The molecule has 0 aliphatic carbocycles. The maximum Gasteiger partial charge on any atom is 0.239 e. The predicted octanol–water partition coefficient (Wildman–Crippen LogP) is 1.06. The van der Waals surface area contributed by atoms with Gasteiger partial charge in [0.2, 0.25) is 16.9 Å². The molecule has 0 aliphatic rings. The van der Waals surface area contributed by atoms with E-state index in [4.69, 9.17) is 5.73 Å². The van der Waals surface area contributed by atoms with Crippen LogP contribution in [0.3, 0.4) is 0 Å². The van der Waals surface area contributed by atoms with Crippen LogP contribution in [0.2, 0.25) is 0 Å². The number of amides is 2. The second-order valence-corrected chi connectivity index (χ2v) is 4.90. The van der Waals surface area contributed by atoms with E-state index in [0.29, 0.717) is 15.8 Å². The molecule has 7 nitrogen and oxygen atoms in total. The van der Waals surface area contributed by atoms with E-state index in [1.54, 1.807) is 18.2 Å². The highest BCUT2D eigenvalue weighted by atomic mass is 32.1. The molecule has 0 unspecified atom stereocenters. The maximum atomic E-state index is 11.2. The van der Waals surface area contributed by atoms with Crippen molar-refractivity contribution in [2.75, 3.05) is 17.2 Å². The van der Waals surface area contributed by atoms with Gasteiger partial charge in [0.25, 0.3) is 0 Å². The normalized spacial score (nSPS) is 10.1. The lowest BCUT2D eigenvalue weighted by Crippen LogP contribution is -2.21. The third-order valence-electron chi connectivity index (χ3n) is 2.29. The number of hydrogen-bond acceptors (Lipinski definition) is 6. The van der Waals surface area contributed by atoms with E-state index in [2.05, 4.69) is 20.8 Å². The number of nitrogens with two attached hydrogens (primary N) is 1. The van der Waals surface area contributed by atoms with Crippen LogP contribution in [0.4, 0.5) is 10.8 Å². The van der Waals surface area contributed by atoms with Crippen molar-refractivity contribution in [2.45, 2.75) is 6.92 Å². The van der Waals surface area contributed by atoms with Crippen molar-refractivity contribution in [3.63, 3.8) is 0 Å². The molecule has 1 heterocycles. The number of benzene rings is 1. The molecule has 20 heavy (non-hydrogen) atoms. The number of nitrogens with zero attached hydrogens (tertiary/aromatic N) is 2. The van der Waals surface area contributed by atoms with Crippen molar-refractivity contribution in [1.29, 1.82) is 0 Å². The summed E-state index contributed by atoms with van der Waals surface area (Å²) >= 11 is 1.23. The van der Waals surface area contributed by atoms with Crippen molar-refractivity contribution >= 4 is 34.0 Å². The van der Waals surface area contributed by atoms with E-state index >= 15 is 0 Å². The first kappa shape index (κ1) is 14.1. The molecule has 0 bridgehead atoms. The SMILES string of the molecule is CC(=O)Nc1cccc(-c2nnc(NC(=O)CN)s2)c1. The molecule has 1 aromatic carbocycles. The summed E-state index contributed by atoms with van der Waals surface area (Å²) in [6.07, 6.45) is 0. The van der Waals surface area contributed by atoms with E-state index in [-0.39, 0.29) is 18.4 Å². The Morgan fingerprint density at radius 1 is 1.30 bits per heavy atom. The molecule has 0 saturated heterocycles. The average Bonchev–Trinajstić information content (AvgIpc) is 2.86. The van der Waals surface area contributed by atoms with Crippen molar-refractivity contribution < 1.29 is 9.59 Å². The number of carbonyl (C=O) groups is 2. The highest BCUT2D eigenvalue weighted by molar-refractivity contribution is 7.18. The maximum absolute atomic E-state index is 11.2. The van der Waals surface area contributed by atoms with Gasteiger partial charge < -0.3 is 11.1 Å². The van der Waals surface area contributed by atoms with Crippen LogP contribution in [0.15, 0.2) is 24.3 Å². The van der Waals surface area contributed by atoms with Gasteiger partial charge in [0, 0.05) is 18.2 Å². The van der Waals surface area contributed by atoms with Gasteiger partial charge in [0.05, 0.1) is 6.54 Å². The molecule has 0 aliphatic heterocycles. The number of aromatic nitrogens is 2. The fourth-order valence-corrected chi connectivity index (χ4v) is 2.25. The van der Waals surface area contributed by atoms with Crippen molar-refractivity contribution in [3.05, 3.63) is 24.3 Å². The Kier molecular flexibility index (Phi) is 4.38. The molecule has 0 atom stereocenters. The van der Waals surface area contributed by atoms with Crippen molar-refractivity contribution in [2.24, 2.45) is 5.73 Å². The van der Waals surface area contributed by atoms with Crippen LogP contribution in [0.1, 0.15) is 6.92 Å². The van der Waals surface area contributed by atoms with Crippen molar-refractivity contribution in [3.8, 4) is 10.6 Å². The summed E-state index contributed by atoms with van der Waals surface area (Å²) in [4.78, 5) is 22.2. The lowest BCUT2D eigenvalue weighted by Gasteiger charge is -2.02. The topological polar surface area (TPSA) is 110 Å². The number of rotatable bonds is 4. The number of hydrogen-bond donors (Lipinski definition) is 3. The molecule has 0 radical (unpaired) electrons. The van der Waals surface area contributed by atoms with Crippen LogP contribution < -0.4 is 16.4 Å². The van der Waals surface area contributed by atoms with E-state index in [9.17, 15) is 9.59 Å². The van der Waals surface area contributed by atoms with E-state index in [0.717, 1.165) is 5.56 Å². The van der Waals surface area contributed by atoms with Gasteiger partial charge in [-0.25, -0.2) is 0 Å². The van der Waals surface area contributed by atoms with Gasteiger partial charge >= 0.3 is 0 Å². The predicted molar refractivity (Wildman–Crippen MR) is 77.3 cm³/mol. The minimum absolute atomic E-state index is 0.104. The first-order valence-corrected chi connectivity index (χ1v) is 6.61. The van der Waals surface area contributed by atoms with E-state index in [1.165, 1.54) is 18.3 Å². The smallest absolute Gasteiger partial charge is 0.239 e. The lowest BCUT2D eigenvalue weighted by atomic mass is 10.2. The first-order chi connectivity index (χ1) is 9.58. The van der Waals surface area contributed by atoms with E-state index < -0.39 is 0 Å². The van der Waals surface area contributed by atoms with Gasteiger partial charge in [-0.2, -0.15) is 0 Å². The Morgan fingerprint density at radius 3 is 2.80 bits per heavy atom. The van der Waals surface area contributed by atoms with Gasteiger partial charge in [-0.05, 0) is 12.1 Å². The van der Waals surface area contributed by atoms with Crippen LogP contribution in [0.25, 0.3) is 10.6 Å². The number of carbonyl (C=O) groups excluding carboxylic acids is 2. The fraction of sp³-hybridized carbons (Fsp3) is 0.167. The van der Waals surface area contributed by atoms with Gasteiger partial charge in [-0.1, -0.05) is 23.5 Å². The largest absolute Gasteiger partial charge is 0.326 e. The van der Waals surface area contributed by atoms with Gasteiger partial charge in [-0.3, -0.25) is 14.9 Å². The molecule has 1 aromatic heterocycles.